The van der Waals surface area contributed by atoms with Gasteiger partial charge in [-0.2, -0.15) is 0 Å². The molecule has 0 spiro atoms. The van der Waals surface area contributed by atoms with E-state index in [2.05, 4.69) is 9.80 Å². The summed E-state index contributed by atoms with van der Waals surface area (Å²) in [6.45, 7) is 4.40. The number of benzene rings is 1. The zero-order chi connectivity index (χ0) is 36.9. The lowest BCUT2D eigenvalue weighted by molar-refractivity contribution is -0.149. The molecule has 2 aromatic heterocycles. The highest BCUT2D eigenvalue weighted by Gasteiger charge is 2.31. The highest BCUT2D eigenvalue weighted by molar-refractivity contribution is 5.88. The second-order valence-corrected chi connectivity index (χ2v) is 12.5. The van der Waals surface area contributed by atoms with Crippen molar-refractivity contribution in [3.05, 3.63) is 52.3 Å². The van der Waals surface area contributed by atoms with Gasteiger partial charge in [0.15, 0.2) is 0 Å². The van der Waals surface area contributed by atoms with E-state index in [-0.39, 0.29) is 36.8 Å². The number of esters is 4. The van der Waals surface area contributed by atoms with Crippen LogP contribution in [0.25, 0.3) is 22.1 Å². The number of carbonyl (C=O) groups excluding carboxylic acids is 4. The second-order valence-electron chi connectivity index (χ2n) is 12.5. The first-order valence-electron chi connectivity index (χ1n) is 17.1. The maximum Gasteiger partial charge on any atom is 0.323 e. The summed E-state index contributed by atoms with van der Waals surface area (Å²) in [5, 5.41) is 0.860. The van der Waals surface area contributed by atoms with Crippen molar-refractivity contribution in [2.24, 2.45) is 0 Å². The summed E-state index contributed by atoms with van der Waals surface area (Å²) in [7, 11) is 7.27. The fourth-order valence-corrected chi connectivity index (χ4v) is 6.29. The Morgan fingerprint density at radius 1 is 0.706 bits per heavy atom. The molecule has 15 heteroatoms. The number of methoxy groups -OCH3 is 4. The number of ether oxygens (including phenoxy) is 4. The molecule has 278 valence electrons. The summed E-state index contributed by atoms with van der Waals surface area (Å²) < 4.78 is 26.1. The van der Waals surface area contributed by atoms with E-state index in [0.29, 0.717) is 81.0 Å². The van der Waals surface area contributed by atoms with Gasteiger partial charge in [-0.25, -0.2) is 4.98 Å². The van der Waals surface area contributed by atoms with Crippen LogP contribution in [0, 0.1) is 0 Å². The van der Waals surface area contributed by atoms with Gasteiger partial charge in [-0.1, -0.05) is 12.1 Å². The molecule has 0 saturated carbocycles. The summed E-state index contributed by atoms with van der Waals surface area (Å²) in [5.74, 6) is -1.69. The third kappa shape index (κ3) is 10.8. The van der Waals surface area contributed by atoms with Crippen LogP contribution in [0.4, 0.5) is 0 Å². The predicted octanol–water partition coefficient (Wildman–Crippen LogP) is 1.68. The van der Waals surface area contributed by atoms with Crippen LogP contribution < -0.4 is 5.43 Å². The van der Waals surface area contributed by atoms with Crippen molar-refractivity contribution >= 4 is 45.9 Å². The van der Waals surface area contributed by atoms with E-state index >= 15 is 0 Å². The van der Waals surface area contributed by atoms with Crippen molar-refractivity contribution in [1.29, 1.82) is 0 Å². The van der Waals surface area contributed by atoms with Crippen LogP contribution in [0.2, 0.25) is 0 Å². The Bertz CT molecular complexity index is 1660. The molecular formula is C36H49N5O10. The van der Waals surface area contributed by atoms with Gasteiger partial charge in [0, 0.05) is 71.7 Å². The van der Waals surface area contributed by atoms with Gasteiger partial charge in [0.25, 0.3) is 0 Å². The van der Waals surface area contributed by atoms with Crippen molar-refractivity contribution < 1.29 is 42.5 Å². The van der Waals surface area contributed by atoms with Crippen molar-refractivity contribution in [2.75, 3.05) is 87.8 Å². The highest BCUT2D eigenvalue weighted by Crippen LogP contribution is 2.19. The molecule has 1 aliphatic heterocycles. The van der Waals surface area contributed by atoms with Crippen molar-refractivity contribution in [3.63, 3.8) is 0 Å². The Labute approximate surface area is 297 Å². The number of nitrogens with zero attached hydrogens (tertiary/aromatic N) is 5. The van der Waals surface area contributed by atoms with Crippen LogP contribution >= 0.6 is 0 Å². The van der Waals surface area contributed by atoms with E-state index in [9.17, 15) is 24.0 Å². The van der Waals surface area contributed by atoms with E-state index in [1.807, 2.05) is 16.8 Å². The predicted molar refractivity (Wildman–Crippen MR) is 188 cm³/mol. The molecular weight excluding hydrogens is 662 g/mol. The third-order valence-corrected chi connectivity index (χ3v) is 9.36. The molecule has 2 atom stereocenters. The van der Waals surface area contributed by atoms with Gasteiger partial charge in [-0.05, 0) is 44.2 Å². The number of carbonyl (C=O) groups is 4. The molecule has 4 rings (SSSR count). The molecule has 0 N–H and O–H groups in total. The maximum absolute atomic E-state index is 13.2. The monoisotopic (exact) mass is 711 g/mol. The van der Waals surface area contributed by atoms with Crippen molar-refractivity contribution in [2.45, 2.75) is 44.3 Å². The number of fused-ring (bicyclic) bond motifs is 2. The summed E-state index contributed by atoms with van der Waals surface area (Å²) >= 11 is 0. The zero-order valence-corrected chi connectivity index (χ0v) is 30.1. The standard InChI is InChI=1S/C36H49N5O10/c1-38-16-20-40(28(35(45)49-4)12-14-31(42)47-2)22-18-39(19-23-41(21-17-38)29(36(46)50-5)13-15-32(43)48-3)24-25-10-11-27-33(44)26-8-6-7-9-30(26)51-34(27)37-25/h6-11,28-29H,12-24H2,1-5H3. The van der Waals surface area contributed by atoms with Gasteiger partial charge >= 0.3 is 23.9 Å². The van der Waals surface area contributed by atoms with Crippen molar-refractivity contribution in [1.82, 2.24) is 24.6 Å². The molecule has 1 fully saturated rings. The molecule has 0 radical (unpaired) electrons. The molecule has 0 amide bonds. The lowest BCUT2D eigenvalue weighted by Gasteiger charge is -2.37. The van der Waals surface area contributed by atoms with Crippen LogP contribution in [-0.4, -0.2) is 148 Å². The number of hydrogen-bond donors (Lipinski definition) is 0. The van der Waals surface area contributed by atoms with Crippen LogP contribution in [0.3, 0.4) is 0 Å². The summed E-state index contributed by atoms with van der Waals surface area (Å²) in [6.07, 6.45) is 0.583. The number of likely N-dealkylation sites (N-methyl/N-ethyl adjacent to an activating group) is 1. The fourth-order valence-electron chi connectivity index (χ4n) is 6.29. The smallest absolute Gasteiger partial charge is 0.323 e. The molecule has 51 heavy (non-hydrogen) atoms. The normalized spacial score (nSPS) is 17.2. The molecule has 15 nitrogen and oxygen atoms in total. The van der Waals surface area contributed by atoms with E-state index in [4.69, 9.17) is 28.3 Å². The summed E-state index contributed by atoms with van der Waals surface area (Å²) in [5.41, 5.74) is 1.19. The molecule has 0 aliphatic carbocycles. The van der Waals surface area contributed by atoms with Gasteiger partial charge < -0.3 is 28.3 Å². The number of rotatable bonds is 12. The number of hydrogen-bond acceptors (Lipinski definition) is 15. The second kappa shape index (κ2) is 19.2. The highest BCUT2D eigenvalue weighted by atomic mass is 16.5. The lowest BCUT2D eigenvalue weighted by Crippen LogP contribution is -2.52. The largest absolute Gasteiger partial charge is 0.469 e. The third-order valence-electron chi connectivity index (χ3n) is 9.36. The number of aromatic nitrogens is 1. The van der Waals surface area contributed by atoms with E-state index in [1.54, 1.807) is 36.4 Å². The van der Waals surface area contributed by atoms with Gasteiger partial charge in [0.2, 0.25) is 11.1 Å². The van der Waals surface area contributed by atoms with Crippen LogP contribution in [0.15, 0.2) is 45.6 Å². The summed E-state index contributed by atoms with van der Waals surface area (Å²) in [6, 6.07) is 9.22. The molecule has 3 heterocycles. The lowest BCUT2D eigenvalue weighted by atomic mass is 10.1. The summed E-state index contributed by atoms with van der Waals surface area (Å²) in [4.78, 5) is 76.5. The Hall–Kier alpha value is -4.44. The average Bonchev–Trinajstić information content (AvgIpc) is 3.14. The minimum absolute atomic E-state index is 0.0582. The number of pyridine rings is 1. The molecule has 2 unspecified atom stereocenters. The van der Waals surface area contributed by atoms with E-state index < -0.39 is 36.0 Å². The molecule has 1 aromatic carbocycles. The first kappa shape index (κ1) is 39.3. The van der Waals surface area contributed by atoms with Gasteiger partial charge in [0.05, 0.1) is 44.9 Å². The Kier molecular flexibility index (Phi) is 14.8. The average molecular weight is 712 g/mol. The maximum atomic E-state index is 13.2. The molecule has 0 bridgehead atoms. The molecule has 1 saturated heterocycles. The van der Waals surface area contributed by atoms with E-state index in [0.717, 1.165) is 0 Å². The van der Waals surface area contributed by atoms with Gasteiger partial charge in [0.1, 0.15) is 17.7 Å². The Balaban J connectivity index is 1.66. The SMILES string of the molecule is COC(=O)CCC(C(=O)OC)N1CCN(C)CCN(C(CCC(=O)OC)C(=O)OC)CCN(Cc2ccc3c(=O)c4ccccc4oc3n2)CC1. The van der Waals surface area contributed by atoms with Crippen molar-refractivity contribution in [3.8, 4) is 0 Å². The zero-order valence-electron chi connectivity index (χ0n) is 30.1. The fraction of sp³-hybridized carbons (Fsp3) is 0.556. The Morgan fingerprint density at radius 2 is 1.24 bits per heavy atom. The number of para-hydroxylation sites is 1. The topological polar surface area (TPSA) is 161 Å². The molecule has 1 aliphatic rings. The van der Waals surface area contributed by atoms with E-state index in [1.165, 1.54) is 28.4 Å². The minimum Gasteiger partial charge on any atom is -0.469 e. The van der Waals surface area contributed by atoms with Gasteiger partial charge in [-0.15, -0.1) is 0 Å². The first-order chi connectivity index (χ1) is 24.6. The minimum atomic E-state index is -0.674. The van der Waals surface area contributed by atoms with Crippen LogP contribution in [0.5, 0.6) is 0 Å². The van der Waals surface area contributed by atoms with Crippen LogP contribution in [0.1, 0.15) is 31.4 Å². The van der Waals surface area contributed by atoms with Crippen LogP contribution in [-0.2, 0) is 44.7 Å². The first-order valence-corrected chi connectivity index (χ1v) is 17.1. The van der Waals surface area contributed by atoms with Gasteiger partial charge in [-0.3, -0.25) is 38.7 Å². The Morgan fingerprint density at radius 3 is 1.76 bits per heavy atom. The molecule has 3 aromatic rings. The quantitative estimate of drug-likeness (QED) is 0.152.